The summed E-state index contributed by atoms with van der Waals surface area (Å²) in [5.41, 5.74) is 2.30. The van der Waals surface area contributed by atoms with Crippen LogP contribution in [0.5, 0.6) is 11.5 Å². The zero-order valence-electron chi connectivity index (χ0n) is 15.4. The number of nitrogens with zero attached hydrogens (tertiary/aromatic N) is 1. The molecule has 5 heteroatoms. The van der Waals surface area contributed by atoms with Crippen molar-refractivity contribution in [2.45, 2.75) is 13.0 Å². The number of methoxy groups -OCH3 is 1. The number of nitrogens with one attached hydrogen (secondary N) is 1. The molecule has 1 aliphatic heterocycles. The Bertz CT molecular complexity index is 733. The number of rotatable bonds is 7. The Hall–Kier alpha value is -2.53. The Morgan fingerprint density at radius 3 is 2.85 bits per heavy atom. The molecule has 0 aliphatic carbocycles. The highest BCUT2D eigenvalue weighted by Gasteiger charge is 2.26. The van der Waals surface area contributed by atoms with Gasteiger partial charge in [0, 0.05) is 19.6 Å². The van der Waals surface area contributed by atoms with E-state index in [1.165, 1.54) is 5.56 Å². The molecular formula is C21H26N2O3. The van der Waals surface area contributed by atoms with Crippen molar-refractivity contribution in [3.63, 3.8) is 0 Å². The Morgan fingerprint density at radius 1 is 1.27 bits per heavy atom. The molecule has 0 aromatic heterocycles. The van der Waals surface area contributed by atoms with Gasteiger partial charge >= 0.3 is 0 Å². The summed E-state index contributed by atoms with van der Waals surface area (Å²) in [7, 11) is 3.70. The Morgan fingerprint density at radius 2 is 2.08 bits per heavy atom. The van der Waals surface area contributed by atoms with E-state index in [2.05, 4.69) is 29.4 Å². The third-order valence-electron chi connectivity index (χ3n) is 4.63. The van der Waals surface area contributed by atoms with Gasteiger partial charge in [-0.15, -0.1) is 0 Å². The molecule has 1 amide bonds. The first kappa shape index (κ1) is 18.3. The number of amides is 1. The summed E-state index contributed by atoms with van der Waals surface area (Å²) in [6.45, 7) is 2.73. The van der Waals surface area contributed by atoms with E-state index in [9.17, 15) is 4.79 Å². The number of hydrogen-bond donors (Lipinski definition) is 1. The van der Waals surface area contributed by atoms with Crippen molar-refractivity contribution in [1.82, 2.24) is 10.2 Å². The van der Waals surface area contributed by atoms with Gasteiger partial charge in [0.25, 0.3) is 0 Å². The lowest BCUT2D eigenvalue weighted by molar-refractivity contribution is -0.126. The van der Waals surface area contributed by atoms with E-state index in [4.69, 9.17) is 9.47 Å². The molecular weight excluding hydrogens is 328 g/mol. The molecule has 1 N–H and O–H groups in total. The molecule has 0 spiro atoms. The van der Waals surface area contributed by atoms with Gasteiger partial charge in [0.1, 0.15) is 18.1 Å². The fourth-order valence-electron chi connectivity index (χ4n) is 3.15. The molecule has 0 saturated carbocycles. The second-order valence-electron chi connectivity index (χ2n) is 6.70. The summed E-state index contributed by atoms with van der Waals surface area (Å²) < 4.78 is 11.0. The SMILES string of the molecule is COc1ccc2c(c1)C[C@H](C(=O)NCCN(C)Cc1ccccc1)CO2. The van der Waals surface area contributed by atoms with Crippen LogP contribution in [0.3, 0.4) is 0 Å². The topological polar surface area (TPSA) is 50.8 Å². The minimum atomic E-state index is -0.158. The number of fused-ring (bicyclic) bond motifs is 1. The summed E-state index contributed by atoms with van der Waals surface area (Å²) in [5, 5.41) is 3.04. The summed E-state index contributed by atoms with van der Waals surface area (Å²) >= 11 is 0. The molecule has 138 valence electrons. The first-order valence-corrected chi connectivity index (χ1v) is 8.95. The van der Waals surface area contributed by atoms with E-state index in [-0.39, 0.29) is 11.8 Å². The highest BCUT2D eigenvalue weighted by Crippen LogP contribution is 2.30. The molecule has 0 saturated heterocycles. The van der Waals surface area contributed by atoms with Crippen LogP contribution in [0, 0.1) is 5.92 Å². The second-order valence-corrected chi connectivity index (χ2v) is 6.70. The van der Waals surface area contributed by atoms with E-state index in [0.717, 1.165) is 30.2 Å². The first-order valence-electron chi connectivity index (χ1n) is 8.95. The molecule has 2 aromatic carbocycles. The molecule has 0 unspecified atom stereocenters. The van der Waals surface area contributed by atoms with Crippen LogP contribution >= 0.6 is 0 Å². The quantitative estimate of drug-likeness (QED) is 0.830. The maximum absolute atomic E-state index is 12.5. The fraction of sp³-hybridized carbons (Fsp3) is 0.381. The number of carbonyl (C=O) groups is 1. The number of hydrogen-bond acceptors (Lipinski definition) is 4. The fourth-order valence-corrected chi connectivity index (χ4v) is 3.15. The van der Waals surface area contributed by atoms with Crippen molar-refractivity contribution < 1.29 is 14.3 Å². The number of carbonyl (C=O) groups excluding carboxylic acids is 1. The van der Waals surface area contributed by atoms with Gasteiger partial charge < -0.3 is 19.7 Å². The number of benzene rings is 2. The van der Waals surface area contributed by atoms with E-state index in [1.54, 1.807) is 7.11 Å². The molecule has 0 fully saturated rings. The van der Waals surface area contributed by atoms with Crippen LogP contribution in [0.4, 0.5) is 0 Å². The van der Waals surface area contributed by atoms with Gasteiger partial charge in [-0.25, -0.2) is 0 Å². The predicted octanol–water partition coefficient (Wildman–Crippen LogP) is 2.49. The minimum absolute atomic E-state index is 0.0478. The molecule has 0 bridgehead atoms. The van der Waals surface area contributed by atoms with Gasteiger partial charge in [0.15, 0.2) is 0 Å². The van der Waals surface area contributed by atoms with Crippen molar-refractivity contribution in [3.05, 3.63) is 59.7 Å². The molecule has 2 aromatic rings. The second kappa shape index (κ2) is 8.72. The summed E-state index contributed by atoms with van der Waals surface area (Å²) in [6, 6.07) is 16.1. The van der Waals surface area contributed by atoms with Crippen LogP contribution in [0.15, 0.2) is 48.5 Å². The van der Waals surface area contributed by atoms with E-state index < -0.39 is 0 Å². The average molecular weight is 354 g/mol. The molecule has 3 rings (SSSR count). The Labute approximate surface area is 154 Å². The van der Waals surface area contributed by atoms with Crippen LogP contribution in [0.25, 0.3) is 0 Å². The Balaban J connectivity index is 1.45. The monoisotopic (exact) mass is 354 g/mol. The van der Waals surface area contributed by atoms with Gasteiger partial charge in [-0.2, -0.15) is 0 Å². The molecule has 1 heterocycles. The molecule has 1 atom stereocenters. The van der Waals surface area contributed by atoms with Gasteiger partial charge in [-0.1, -0.05) is 30.3 Å². The minimum Gasteiger partial charge on any atom is -0.497 e. The van der Waals surface area contributed by atoms with Crippen LogP contribution in [0.2, 0.25) is 0 Å². The van der Waals surface area contributed by atoms with Crippen molar-refractivity contribution >= 4 is 5.91 Å². The van der Waals surface area contributed by atoms with Gasteiger partial charge in [-0.3, -0.25) is 4.79 Å². The van der Waals surface area contributed by atoms with Crippen molar-refractivity contribution in [2.75, 3.05) is 33.9 Å². The van der Waals surface area contributed by atoms with Crippen LogP contribution in [0.1, 0.15) is 11.1 Å². The van der Waals surface area contributed by atoms with Crippen LogP contribution < -0.4 is 14.8 Å². The predicted molar refractivity (Wildman–Crippen MR) is 101 cm³/mol. The lowest BCUT2D eigenvalue weighted by Crippen LogP contribution is -2.40. The van der Waals surface area contributed by atoms with E-state index >= 15 is 0 Å². The molecule has 26 heavy (non-hydrogen) atoms. The van der Waals surface area contributed by atoms with Crippen LogP contribution in [-0.4, -0.2) is 44.7 Å². The lowest BCUT2D eigenvalue weighted by Gasteiger charge is -2.25. The molecule has 5 nitrogen and oxygen atoms in total. The Kier molecular flexibility index (Phi) is 6.12. The maximum Gasteiger partial charge on any atom is 0.226 e. The zero-order valence-corrected chi connectivity index (χ0v) is 15.4. The largest absolute Gasteiger partial charge is 0.497 e. The molecule has 1 aliphatic rings. The zero-order chi connectivity index (χ0) is 18.4. The van der Waals surface area contributed by atoms with Crippen molar-refractivity contribution in [2.24, 2.45) is 5.92 Å². The third kappa shape index (κ3) is 4.76. The highest BCUT2D eigenvalue weighted by atomic mass is 16.5. The number of likely N-dealkylation sites (N-methyl/N-ethyl adjacent to an activating group) is 1. The van der Waals surface area contributed by atoms with E-state index in [1.807, 2.05) is 36.4 Å². The van der Waals surface area contributed by atoms with Crippen LogP contribution in [-0.2, 0) is 17.8 Å². The third-order valence-corrected chi connectivity index (χ3v) is 4.63. The standard InChI is InChI=1S/C21H26N2O3/c1-23(14-16-6-4-3-5-7-16)11-10-22-21(24)18-12-17-13-19(25-2)8-9-20(17)26-15-18/h3-9,13,18H,10-12,14-15H2,1-2H3,(H,22,24)/t18-/m0/s1. The number of ether oxygens (including phenoxy) is 2. The average Bonchev–Trinajstić information content (AvgIpc) is 2.67. The van der Waals surface area contributed by atoms with Gasteiger partial charge in [0.2, 0.25) is 5.91 Å². The highest BCUT2D eigenvalue weighted by molar-refractivity contribution is 5.79. The van der Waals surface area contributed by atoms with Crippen molar-refractivity contribution in [3.8, 4) is 11.5 Å². The van der Waals surface area contributed by atoms with Gasteiger partial charge in [-0.05, 0) is 42.8 Å². The summed E-state index contributed by atoms with van der Waals surface area (Å²) in [6.07, 6.45) is 0.679. The lowest BCUT2D eigenvalue weighted by atomic mass is 9.96. The molecule has 0 radical (unpaired) electrons. The van der Waals surface area contributed by atoms with Gasteiger partial charge in [0.05, 0.1) is 13.0 Å². The van der Waals surface area contributed by atoms with E-state index in [0.29, 0.717) is 19.6 Å². The summed E-state index contributed by atoms with van der Waals surface area (Å²) in [4.78, 5) is 14.7. The summed E-state index contributed by atoms with van der Waals surface area (Å²) in [5.74, 6) is 1.52. The smallest absolute Gasteiger partial charge is 0.226 e. The van der Waals surface area contributed by atoms with Crippen molar-refractivity contribution in [1.29, 1.82) is 0 Å². The first-order chi connectivity index (χ1) is 12.7. The maximum atomic E-state index is 12.5. The normalized spacial score (nSPS) is 15.9.